The second-order valence-electron chi connectivity index (χ2n) is 8.25. The van der Waals surface area contributed by atoms with Crippen molar-refractivity contribution < 1.29 is 9.53 Å². The zero-order chi connectivity index (χ0) is 20.5. The molecule has 0 unspecified atom stereocenters. The van der Waals surface area contributed by atoms with E-state index in [1.165, 1.54) is 5.56 Å². The van der Waals surface area contributed by atoms with Crippen molar-refractivity contribution in [1.29, 1.82) is 0 Å². The Bertz CT molecular complexity index is 1090. The average Bonchev–Trinajstić information content (AvgIpc) is 2.80. The van der Waals surface area contributed by atoms with Gasteiger partial charge in [-0.25, -0.2) is 0 Å². The third-order valence-electron chi connectivity index (χ3n) is 6.31. The molecule has 154 valence electrons. The summed E-state index contributed by atoms with van der Waals surface area (Å²) < 4.78 is 5.90. The van der Waals surface area contributed by atoms with E-state index in [4.69, 9.17) is 9.72 Å². The largest absolute Gasteiger partial charge is 0.493 e. The molecule has 1 atom stereocenters. The SMILES string of the molecule is CCN1CCc2nc3ccccc3c(C(=O)NC[C@H]3COc4ccccc4C3)c2C1. The van der Waals surface area contributed by atoms with Crippen molar-refractivity contribution in [2.24, 2.45) is 5.92 Å². The maximum atomic E-state index is 13.4. The van der Waals surface area contributed by atoms with Gasteiger partial charge < -0.3 is 10.1 Å². The molecular weight excluding hydrogens is 374 g/mol. The molecule has 5 nitrogen and oxygen atoms in total. The van der Waals surface area contributed by atoms with Crippen LogP contribution in [0.2, 0.25) is 0 Å². The number of likely N-dealkylation sites (N-methyl/N-ethyl adjacent to an activating group) is 1. The smallest absolute Gasteiger partial charge is 0.252 e. The summed E-state index contributed by atoms with van der Waals surface area (Å²) in [6, 6.07) is 16.2. The summed E-state index contributed by atoms with van der Waals surface area (Å²) >= 11 is 0. The molecule has 0 saturated heterocycles. The predicted molar refractivity (Wildman–Crippen MR) is 118 cm³/mol. The van der Waals surface area contributed by atoms with Crippen molar-refractivity contribution in [2.45, 2.75) is 26.3 Å². The Morgan fingerprint density at radius 1 is 1.20 bits per heavy atom. The highest BCUT2D eigenvalue weighted by Gasteiger charge is 2.26. The van der Waals surface area contributed by atoms with E-state index in [-0.39, 0.29) is 11.8 Å². The highest BCUT2D eigenvalue weighted by molar-refractivity contribution is 6.07. The molecule has 3 aromatic rings. The van der Waals surface area contributed by atoms with Gasteiger partial charge in [0.05, 0.1) is 17.7 Å². The van der Waals surface area contributed by atoms with Crippen LogP contribution in [0, 0.1) is 5.92 Å². The van der Waals surface area contributed by atoms with E-state index in [9.17, 15) is 4.79 Å². The van der Waals surface area contributed by atoms with Gasteiger partial charge in [0.1, 0.15) is 5.75 Å². The third-order valence-corrected chi connectivity index (χ3v) is 6.31. The summed E-state index contributed by atoms with van der Waals surface area (Å²) in [6.45, 7) is 6.17. The van der Waals surface area contributed by atoms with Gasteiger partial charge in [0.15, 0.2) is 0 Å². The Labute approximate surface area is 177 Å². The van der Waals surface area contributed by atoms with E-state index in [2.05, 4.69) is 23.2 Å². The number of pyridine rings is 1. The van der Waals surface area contributed by atoms with E-state index < -0.39 is 0 Å². The number of hydrogen-bond acceptors (Lipinski definition) is 4. The molecule has 1 aromatic heterocycles. The van der Waals surface area contributed by atoms with E-state index >= 15 is 0 Å². The minimum Gasteiger partial charge on any atom is -0.493 e. The molecule has 0 fully saturated rings. The Morgan fingerprint density at radius 3 is 2.93 bits per heavy atom. The summed E-state index contributed by atoms with van der Waals surface area (Å²) in [5, 5.41) is 4.15. The summed E-state index contributed by atoms with van der Waals surface area (Å²) in [4.78, 5) is 20.7. The van der Waals surface area contributed by atoms with Crippen LogP contribution in [0.1, 0.15) is 34.1 Å². The second-order valence-corrected chi connectivity index (χ2v) is 8.25. The quantitative estimate of drug-likeness (QED) is 0.726. The Kier molecular flexibility index (Phi) is 5.13. The number of nitrogens with zero attached hydrogens (tertiary/aromatic N) is 2. The Balaban J connectivity index is 1.41. The first-order valence-electron chi connectivity index (χ1n) is 10.8. The van der Waals surface area contributed by atoms with Gasteiger partial charge in [-0.1, -0.05) is 43.3 Å². The molecular formula is C25H27N3O2. The van der Waals surface area contributed by atoms with Crippen molar-refractivity contribution in [3.8, 4) is 5.75 Å². The lowest BCUT2D eigenvalue weighted by molar-refractivity contribution is 0.0938. The molecule has 0 bridgehead atoms. The number of para-hydroxylation sites is 2. The van der Waals surface area contributed by atoms with Crippen LogP contribution in [0.3, 0.4) is 0 Å². The number of aromatic nitrogens is 1. The number of rotatable bonds is 4. The second kappa shape index (κ2) is 8.07. The van der Waals surface area contributed by atoms with Crippen LogP contribution in [-0.2, 0) is 19.4 Å². The fourth-order valence-electron chi connectivity index (χ4n) is 4.62. The van der Waals surface area contributed by atoms with Crippen molar-refractivity contribution in [1.82, 2.24) is 15.2 Å². The Hall–Kier alpha value is -2.92. The molecule has 2 aliphatic heterocycles. The number of ether oxygens (including phenoxy) is 1. The van der Waals surface area contributed by atoms with E-state index in [0.29, 0.717) is 13.2 Å². The lowest BCUT2D eigenvalue weighted by atomic mass is 9.94. The fourth-order valence-corrected chi connectivity index (χ4v) is 4.62. The number of carbonyl (C=O) groups excluding carboxylic acids is 1. The van der Waals surface area contributed by atoms with Gasteiger partial charge in [0.2, 0.25) is 0 Å². The molecule has 30 heavy (non-hydrogen) atoms. The first kappa shape index (κ1) is 19.1. The van der Waals surface area contributed by atoms with Crippen molar-refractivity contribution in [2.75, 3.05) is 26.2 Å². The van der Waals surface area contributed by atoms with Crippen LogP contribution >= 0.6 is 0 Å². The number of amides is 1. The standard InChI is InChI=1S/C25H27N3O2/c1-2-28-12-11-22-20(15-28)24(19-8-4-5-9-21(19)27-22)25(29)26-14-17-13-18-7-3-6-10-23(18)30-16-17/h3-10,17H,2,11-16H2,1H3,(H,26,29)/t17-/m0/s1. The topological polar surface area (TPSA) is 54.5 Å². The molecule has 3 heterocycles. The molecule has 2 aromatic carbocycles. The molecule has 1 N–H and O–H groups in total. The average molecular weight is 402 g/mol. The van der Waals surface area contributed by atoms with Gasteiger partial charge in [0, 0.05) is 48.6 Å². The molecule has 0 spiro atoms. The van der Waals surface area contributed by atoms with Crippen LogP contribution in [-0.4, -0.2) is 42.0 Å². The van der Waals surface area contributed by atoms with E-state index in [0.717, 1.165) is 65.9 Å². The highest BCUT2D eigenvalue weighted by atomic mass is 16.5. The van der Waals surface area contributed by atoms with Crippen molar-refractivity contribution in [3.05, 3.63) is 70.9 Å². The normalized spacial score (nSPS) is 18.4. The first-order chi connectivity index (χ1) is 14.7. The molecule has 0 radical (unpaired) electrons. The van der Waals surface area contributed by atoms with Crippen LogP contribution in [0.4, 0.5) is 0 Å². The highest BCUT2D eigenvalue weighted by Crippen LogP contribution is 2.29. The molecule has 0 saturated carbocycles. The van der Waals surface area contributed by atoms with Gasteiger partial charge in [-0.3, -0.25) is 14.7 Å². The van der Waals surface area contributed by atoms with Crippen molar-refractivity contribution >= 4 is 16.8 Å². The molecule has 2 aliphatic rings. The zero-order valence-electron chi connectivity index (χ0n) is 17.4. The minimum atomic E-state index is 0.00154. The number of fused-ring (bicyclic) bond motifs is 3. The maximum Gasteiger partial charge on any atom is 0.252 e. The van der Waals surface area contributed by atoms with Crippen molar-refractivity contribution in [3.63, 3.8) is 0 Å². The van der Waals surface area contributed by atoms with E-state index in [1.807, 2.05) is 42.5 Å². The summed E-state index contributed by atoms with van der Waals surface area (Å²) in [6.07, 6.45) is 1.82. The number of benzene rings is 2. The summed E-state index contributed by atoms with van der Waals surface area (Å²) in [7, 11) is 0. The van der Waals surface area contributed by atoms with Gasteiger partial charge in [0.25, 0.3) is 5.91 Å². The number of hydrogen-bond donors (Lipinski definition) is 1. The number of carbonyl (C=O) groups is 1. The molecule has 5 rings (SSSR count). The maximum absolute atomic E-state index is 13.4. The lowest BCUT2D eigenvalue weighted by Gasteiger charge is -2.29. The predicted octanol–water partition coefficient (Wildman–Crippen LogP) is 3.59. The molecule has 1 amide bonds. The monoisotopic (exact) mass is 401 g/mol. The van der Waals surface area contributed by atoms with Gasteiger partial charge in [-0.05, 0) is 30.7 Å². The fraction of sp³-hybridized carbons (Fsp3) is 0.360. The van der Waals surface area contributed by atoms with E-state index in [1.54, 1.807) is 0 Å². The van der Waals surface area contributed by atoms with Gasteiger partial charge in [-0.2, -0.15) is 0 Å². The third kappa shape index (κ3) is 3.54. The lowest BCUT2D eigenvalue weighted by Crippen LogP contribution is -2.37. The van der Waals surface area contributed by atoms with Crippen LogP contribution < -0.4 is 10.1 Å². The van der Waals surface area contributed by atoms with Gasteiger partial charge >= 0.3 is 0 Å². The summed E-state index contributed by atoms with van der Waals surface area (Å²) in [5.41, 5.74) is 5.07. The number of nitrogens with one attached hydrogen (secondary N) is 1. The van der Waals surface area contributed by atoms with Crippen LogP contribution in [0.15, 0.2) is 48.5 Å². The Morgan fingerprint density at radius 2 is 2.03 bits per heavy atom. The molecule has 0 aliphatic carbocycles. The summed E-state index contributed by atoms with van der Waals surface area (Å²) in [5.74, 6) is 1.25. The first-order valence-corrected chi connectivity index (χ1v) is 10.8. The zero-order valence-corrected chi connectivity index (χ0v) is 17.4. The minimum absolute atomic E-state index is 0.00154. The van der Waals surface area contributed by atoms with Crippen LogP contribution in [0.25, 0.3) is 10.9 Å². The molecule has 5 heteroatoms. The van der Waals surface area contributed by atoms with Gasteiger partial charge in [-0.15, -0.1) is 0 Å². The van der Waals surface area contributed by atoms with Crippen LogP contribution in [0.5, 0.6) is 5.75 Å².